The predicted octanol–water partition coefficient (Wildman–Crippen LogP) is 5.33. The van der Waals surface area contributed by atoms with Crippen molar-refractivity contribution in [3.63, 3.8) is 0 Å². The molecular formula is C29H33NO4. The van der Waals surface area contributed by atoms with Crippen LogP contribution in [0.4, 0.5) is 0 Å². The Balaban J connectivity index is 1.38. The highest BCUT2D eigenvalue weighted by atomic mass is 16.5. The van der Waals surface area contributed by atoms with Crippen LogP contribution in [0.2, 0.25) is 0 Å². The second-order valence-electron chi connectivity index (χ2n) is 10.4. The van der Waals surface area contributed by atoms with Gasteiger partial charge >= 0.3 is 0 Å². The van der Waals surface area contributed by atoms with Gasteiger partial charge in [-0.1, -0.05) is 61.4 Å². The summed E-state index contributed by atoms with van der Waals surface area (Å²) in [4.78, 5) is 26.9. The van der Waals surface area contributed by atoms with E-state index in [1.807, 2.05) is 30.3 Å². The summed E-state index contributed by atoms with van der Waals surface area (Å²) >= 11 is 0. The number of phenolic OH excluding ortho intramolecular Hbond substituents is 1. The normalized spacial score (nSPS) is 27.2. The van der Waals surface area contributed by atoms with Crippen LogP contribution in [-0.2, 0) is 14.3 Å². The Kier molecular flexibility index (Phi) is 5.85. The Bertz CT molecular complexity index is 1220. The topological polar surface area (TPSA) is 66.8 Å². The lowest BCUT2D eigenvalue weighted by Crippen LogP contribution is -2.34. The molecule has 2 heterocycles. The monoisotopic (exact) mass is 459 g/mol. The summed E-state index contributed by atoms with van der Waals surface area (Å²) in [5, 5.41) is 12.1. The van der Waals surface area contributed by atoms with Gasteiger partial charge in [-0.25, -0.2) is 0 Å². The van der Waals surface area contributed by atoms with Crippen LogP contribution in [-0.4, -0.2) is 41.6 Å². The summed E-state index contributed by atoms with van der Waals surface area (Å²) in [6.45, 7) is 7.02. The number of fused-ring (bicyclic) bond motifs is 4. The van der Waals surface area contributed by atoms with E-state index >= 15 is 0 Å². The first-order valence-corrected chi connectivity index (χ1v) is 12.3. The van der Waals surface area contributed by atoms with Gasteiger partial charge in [0.15, 0.2) is 0 Å². The maximum atomic E-state index is 12.9. The molecule has 5 heteroatoms. The molecule has 178 valence electrons. The third-order valence-corrected chi connectivity index (χ3v) is 8.00. The van der Waals surface area contributed by atoms with E-state index in [4.69, 9.17) is 4.74 Å². The standard InChI is InChI=1S/C29H33NO4/c1-16(2)21-14-22-27(29(33)30(4)28(22)32)23-15-34-25(26(21)23)12-9-17(3)13-18-10-11-24(31)20-8-6-5-7-19(18)20/h5-8,10-11,13,16,22-23,25,27,31H,9,12,14-15H2,1-4H3/b17-13+/t22-,23+,25-,27-/m1/s1. The summed E-state index contributed by atoms with van der Waals surface area (Å²) < 4.78 is 6.29. The Labute approximate surface area is 201 Å². The number of allylic oxidation sites excluding steroid dienone is 2. The molecule has 0 bridgehead atoms. The lowest BCUT2D eigenvalue weighted by Gasteiger charge is -2.33. The van der Waals surface area contributed by atoms with Gasteiger partial charge in [0.1, 0.15) is 5.75 Å². The number of carbonyl (C=O) groups is 2. The highest BCUT2D eigenvalue weighted by Gasteiger charge is 2.56. The molecule has 1 aliphatic carbocycles. The number of benzene rings is 2. The number of rotatable bonds is 5. The molecule has 2 aromatic carbocycles. The van der Waals surface area contributed by atoms with Crippen LogP contribution in [0, 0.1) is 23.7 Å². The maximum absolute atomic E-state index is 12.9. The summed E-state index contributed by atoms with van der Waals surface area (Å²) in [7, 11) is 1.62. The zero-order chi connectivity index (χ0) is 24.1. The molecule has 1 N–H and O–H groups in total. The van der Waals surface area contributed by atoms with Crippen molar-refractivity contribution in [2.24, 2.45) is 23.7 Å². The fourth-order valence-corrected chi connectivity index (χ4v) is 6.25. The highest BCUT2D eigenvalue weighted by Crippen LogP contribution is 2.51. The molecule has 0 radical (unpaired) electrons. The van der Waals surface area contributed by atoms with Crippen molar-refractivity contribution in [3.8, 4) is 5.75 Å². The molecule has 5 rings (SSSR count). The van der Waals surface area contributed by atoms with Crippen molar-refractivity contribution in [2.75, 3.05) is 13.7 Å². The van der Waals surface area contributed by atoms with Crippen LogP contribution in [0.25, 0.3) is 16.8 Å². The largest absolute Gasteiger partial charge is 0.507 e. The Morgan fingerprint density at radius 2 is 1.85 bits per heavy atom. The van der Waals surface area contributed by atoms with Crippen LogP contribution in [0.5, 0.6) is 5.75 Å². The van der Waals surface area contributed by atoms with Crippen molar-refractivity contribution in [2.45, 2.75) is 46.1 Å². The number of nitrogens with zero attached hydrogens (tertiary/aromatic N) is 1. The summed E-state index contributed by atoms with van der Waals surface area (Å²) in [6, 6.07) is 11.6. The van der Waals surface area contributed by atoms with Gasteiger partial charge in [0, 0.05) is 18.4 Å². The molecule has 2 amide bonds. The molecule has 2 aromatic rings. The lowest BCUT2D eigenvalue weighted by atomic mass is 9.67. The zero-order valence-corrected chi connectivity index (χ0v) is 20.4. The van der Waals surface area contributed by atoms with Crippen molar-refractivity contribution in [3.05, 3.63) is 58.7 Å². The average Bonchev–Trinajstić information content (AvgIpc) is 3.34. The fraction of sp³-hybridized carbons (Fsp3) is 0.448. The summed E-state index contributed by atoms with van der Waals surface area (Å²) in [5.41, 5.74) is 4.94. The first-order chi connectivity index (χ1) is 16.3. The Morgan fingerprint density at radius 3 is 2.59 bits per heavy atom. The smallest absolute Gasteiger partial charge is 0.233 e. The van der Waals surface area contributed by atoms with E-state index in [9.17, 15) is 14.7 Å². The summed E-state index contributed by atoms with van der Waals surface area (Å²) in [6.07, 6.45) is 4.60. The first-order valence-electron chi connectivity index (χ1n) is 12.3. The third kappa shape index (κ3) is 3.67. The minimum absolute atomic E-state index is 0.00271. The van der Waals surface area contributed by atoms with Gasteiger partial charge in [0.05, 0.1) is 24.5 Å². The molecule has 5 nitrogen and oxygen atoms in total. The highest BCUT2D eigenvalue weighted by molar-refractivity contribution is 6.05. The molecule has 2 aliphatic heterocycles. The minimum atomic E-state index is -0.264. The number of hydrogen-bond donors (Lipinski definition) is 1. The van der Waals surface area contributed by atoms with Crippen molar-refractivity contribution in [1.29, 1.82) is 0 Å². The number of phenols is 1. The predicted molar refractivity (Wildman–Crippen MR) is 133 cm³/mol. The van der Waals surface area contributed by atoms with Crippen molar-refractivity contribution in [1.82, 2.24) is 4.90 Å². The van der Waals surface area contributed by atoms with Gasteiger partial charge in [-0.05, 0) is 54.7 Å². The van der Waals surface area contributed by atoms with Gasteiger partial charge in [-0.15, -0.1) is 0 Å². The third-order valence-electron chi connectivity index (χ3n) is 8.00. The second-order valence-corrected chi connectivity index (χ2v) is 10.4. The van der Waals surface area contributed by atoms with Crippen molar-refractivity contribution >= 4 is 28.7 Å². The molecule has 2 saturated heterocycles. The molecule has 0 unspecified atom stereocenters. The van der Waals surface area contributed by atoms with Gasteiger partial charge < -0.3 is 9.84 Å². The number of hydrogen-bond acceptors (Lipinski definition) is 4. The average molecular weight is 460 g/mol. The molecule has 0 spiro atoms. The van der Waals surface area contributed by atoms with Crippen LogP contribution < -0.4 is 0 Å². The number of aromatic hydroxyl groups is 1. The van der Waals surface area contributed by atoms with E-state index in [-0.39, 0.29) is 35.7 Å². The molecule has 34 heavy (non-hydrogen) atoms. The fourth-order valence-electron chi connectivity index (χ4n) is 6.25. The number of imide groups is 1. The number of ether oxygens (including phenoxy) is 1. The zero-order valence-electron chi connectivity index (χ0n) is 20.4. The maximum Gasteiger partial charge on any atom is 0.233 e. The minimum Gasteiger partial charge on any atom is -0.507 e. The Morgan fingerprint density at radius 1 is 1.12 bits per heavy atom. The molecule has 3 aliphatic rings. The SMILES string of the molecule is C/C(=C\c1ccc(O)c2ccccc12)CC[C@H]1OC[C@H]2C1=C(C(C)C)C[C@H]1C(=O)N(C)C(=O)[C@H]12. The van der Waals surface area contributed by atoms with E-state index in [0.29, 0.717) is 24.7 Å². The van der Waals surface area contributed by atoms with Crippen LogP contribution in [0.15, 0.2) is 53.1 Å². The van der Waals surface area contributed by atoms with Gasteiger partial charge in [0.2, 0.25) is 11.8 Å². The van der Waals surface area contributed by atoms with Crippen LogP contribution in [0.3, 0.4) is 0 Å². The molecule has 2 fully saturated rings. The summed E-state index contributed by atoms with van der Waals surface area (Å²) in [5.74, 6) is 0.0836. The quantitative estimate of drug-likeness (QED) is 0.485. The van der Waals surface area contributed by atoms with E-state index in [1.165, 1.54) is 21.6 Å². The van der Waals surface area contributed by atoms with Crippen LogP contribution in [0.1, 0.15) is 45.6 Å². The molecule has 0 saturated carbocycles. The molecule has 0 aromatic heterocycles. The number of likely N-dealkylation sites (tertiary alicyclic amines) is 1. The van der Waals surface area contributed by atoms with E-state index in [1.54, 1.807) is 13.1 Å². The lowest BCUT2D eigenvalue weighted by molar-refractivity contribution is -0.138. The van der Waals surface area contributed by atoms with Crippen LogP contribution >= 0.6 is 0 Å². The van der Waals surface area contributed by atoms with E-state index < -0.39 is 0 Å². The van der Waals surface area contributed by atoms with Crippen molar-refractivity contribution < 1.29 is 19.4 Å². The van der Waals surface area contributed by atoms with Gasteiger partial charge in [-0.2, -0.15) is 0 Å². The Hall–Kier alpha value is -2.92. The van der Waals surface area contributed by atoms with Gasteiger partial charge in [0.25, 0.3) is 0 Å². The van der Waals surface area contributed by atoms with E-state index in [2.05, 4.69) is 26.8 Å². The molecule has 4 atom stereocenters. The van der Waals surface area contributed by atoms with Gasteiger partial charge in [-0.3, -0.25) is 14.5 Å². The molecular weight excluding hydrogens is 426 g/mol. The first kappa shape index (κ1) is 22.9. The second kappa shape index (κ2) is 8.70. The number of carbonyl (C=O) groups excluding carboxylic acids is 2. The number of amides is 2. The van der Waals surface area contributed by atoms with E-state index in [0.717, 1.165) is 29.2 Å².